The van der Waals surface area contributed by atoms with Crippen molar-refractivity contribution in [3.63, 3.8) is 0 Å². The summed E-state index contributed by atoms with van der Waals surface area (Å²) in [6, 6.07) is 5.30. The molecular formula is C14H18F3NO. The van der Waals surface area contributed by atoms with Gasteiger partial charge < -0.3 is 10.1 Å². The predicted octanol–water partition coefficient (Wildman–Crippen LogP) is 4.08. The Labute approximate surface area is 111 Å². The smallest absolute Gasteiger partial charge is 0.385 e. The molecule has 1 aromatic rings. The molecule has 1 aromatic carbocycles. The van der Waals surface area contributed by atoms with Gasteiger partial charge in [-0.1, -0.05) is 6.07 Å². The Morgan fingerprint density at radius 1 is 1.32 bits per heavy atom. The lowest BCUT2D eigenvalue weighted by Crippen LogP contribution is -2.10. The van der Waals surface area contributed by atoms with E-state index in [1.807, 2.05) is 0 Å². The first-order valence-electron chi connectivity index (χ1n) is 6.58. The van der Waals surface area contributed by atoms with Crippen LogP contribution in [0.25, 0.3) is 0 Å². The molecule has 5 heteroatoms. The summed E-state index contributed by atoms with van der Waals surface area (Å²) in [5.74, 6) is 0. The largest absolute Gasteiger partial charge is 0.416 e. The molecule has 1 N–H and O–H groups in total. The first kappa shape index (κ1) is 14.2. The molecule has 0 saturated carbocycles. The number of rotatable bonds is 5. The van der Waals surface area contributed by atoms with E-state index < -0.39 is 11.7 Å². The normalized spacial score (nSPS) is 19.6. The van der Waals surface area contributed by atoms with E-state index in [-0.39, 0.29) is 0 Å². The molecule has 1 unspecified atom stereocenters. The minimum absolute atomic E-state index is 0.336. The summed E-state index contributed by atoms with van der Waals surface area (Å²) in [5.41, 5.74) is -0.0983. The lowest BCUT2D eigenvalue weighted by molar-refractivity contribution is -0.137. The van der Waals surface area contributed by atoms with Crippen molar-refractivity contribution in [1.82, 2.24) is 0 Å². The minimum atomic E-state index is -4.28. The van der Waals surface area contributed by atoms with E-state index in [0.29, 0.717) is 18.3 Å². The van der Waals surface area contributed by atoms with Crippen LogP contribution in [0.2, 0.25) is 0 Å². The summed E-state index contributed by atoms with van der Waals surface area (Å²) in [4.78, 5) is 0. The van der Waals surface area contributed by atoms with E-state index in [0.717, 1.165) is 44.4 Å². The van der Waals surface area contributed by atoms with Crippen molar-refractivity contribution in [3.8, 4) is 0 Å². The van der Waals surface area contributed by atoms with Crippen molar-refractivity contribution >= 4 is 5.69 Å². The summed E-state index contributed by atoms with van der Waals surface area (Å²) in [5, 5.41) is 3.03. The second-order valence-corrected chi connectivity index (χ2v) is 4.78. The maximum atomic E-state index is 12.5. The molecule has 0 spiro atoms. The lowest BCUT2D eigenvalue weighted by Gasteiger charge is -2.12. The van der Waals surface area contributed by atoms with E-state index in [1.54, 1.807) is 6.07 Å². The van der Waals surface area contributed by atoms with Crippen LogP contribution >= 0.6 is 0 Å². The fourth-order valence-corrected chi connectivity index (χ4v) is 2.24. The third-order valence-corrected chi connectivity index (χ3v) is 3.25. The Morgan fingerprint density at radius 3 is 2.84 bits per heavy atom. The van der Waals surface area contributed by atoms with Gasteiger partial charge in [-0.05, 0) is 43.9 Å². The molecule has 1 fully saturated rings. The summed E-state index contributed by atoms with van der Waals surface area (Å²) in [6.07, 6.45) is 0.140. The van der Waals surface area contributed by atoms with Crippen LogP contribution in [-0.4, -0.2) is 19.3 Å². The van der Waals surface area contributed by atoms with Gasteiger partial charge >= 0.3 is 6.18 Å². The van der Waals surface area contributed by atoms with Crippen molar-refractivity contribution in [2.75, 3.05) is 18.5 Å². The second kappa shape index (κ2) is 6.28. The van der Waals surface area contributed by atoms with Crippen molar-refractivity contribution in [2.45, 2.75) is 38.0 Å². The Hall–Kier alpha value is -1.23. The van der Waals surface area contributed by atoms with Crippen LogP contribution in [0.4, 0.5) is 18.9 Å². The van der Waals surface area contributed by atoms with Gasteiger partial charge in [-0.3, -0.25) is 0 Å². The monoisotopic (exact) mass is 273 g/mol. The molecule has 1 atom stereocenters. The highest BCUT2D eigenvalue weighted by molar-refractivity contribution is 5.46. The standard InChI is InChI=1S/C14H18F3NO/c15-14(16,17)11-4-1-5-12(10-11)18-8-2-6-13-7-3-9-19-13/h1,4-5,10,13,18H,2-3,6-9H2. The molecule has 1 aliphatic heterocycles. The maximum Gasteiger partial charge on any atom is 0.416 e. The first-order chi connectivity index (χ1) is 9.05. The third-order valence-electron chi connectivity index (χ3n) is 3.25. The van der Waals surface area contributed by atoms with Crippen molar-refractivity contribution in [1.29, 1.82) is 0 Å². The van der Waals surface area contributed by atoms with E-state index in [1.165, 1.54) is 6.07 Å². The summed E-state index contributed by atoms with van der Waals surface area (Å²) in [6.45, 7) is 1.51. The van der Waals surface area contributed by atoms with Gasteiger partial charge in [-0.2, -0.15) is 13.2 Å². The molecule has 2 rings (SSSR count). The summed E-state index contributed by atoms with van der Waals surface area (Å²) >= 11 is 0. The fourth-order valence-electron chi connectivity index (χ4n) is 2.24. The van der Waals surface area contributed by atoms with Gasteiger partial charge in [0, 0.05) is 18.8 Å². The van der Waals surface area contributed by atoms with Crippen LogP contribution in [0.15, 0.2) is 24.3 Å². The van der Waals surface area contributed by atoms with E-state index in [4.69, 9.17) is 4.74 Å². The summed E-state index contributed by atoms with van der Waals surface area (Å²) < 4.78 is 43.0. The number of alkyl halides is 3. The maximum absolute atomic E-state index is 12.5. The number of benzene rings is 1. The van der Waals surface area contributed by atoms with Gasteiger partial charge in [-0.15, -0.1) is 0 Å². The number of halogens is 3. The van der Waals surface area contributed by atoms with E-state index in [2.05, 4.69) is 5.32 Å². The number of hydrogen-bond acceptors (Lipinski definition) is 2. The second-order valence-electron chi connectivity index (χ2n) is 4.78. The SMILES string of the molecule is FC(F)(F)c1cccc(NCCCC2CCCO2)c1. The van der Waals surface area contributed by atoms with Crippen molar-refractivity contribution in [2.24, 2.45) is 0 Å². The Balaban J connectivity index is 1.76. The topological polar surface area (TPSA) is 21.3 Å². The zero-order chi connectivity index (χ0) is 13.7. The highest BCUT2D eigenvalue weighted by atomic mass is 19.4. The van der Waals surface area contributed by atoms with Gasteiger partial charge in [0.1, 0.15) is 0 Å². The Bertz CT molecular complexity index is 400. The molecule has 106 valence electrons. The van der Waals surface area contributed by atoms with E-state index >= 15 is 0 Å². The van der Waals surface area contributed by atoms with E-state index in [9.17, 15) is 13.2 Å². The molecule has 0 bridgehead atoms. The van der Waals surface area contributed by atoms with Gasteiger partial charge in [0.05, 0.1) is 11.7 Å². The number of ether oxygens (including phenoxy) is 1. The molecule has 0 aliphatic carbocycles. The highest BCUT2D eigenvalue weighted by Crippen LogP contribution is 2.30. The molecule has 0 amide bonds. The van der Waals surface area contributed by atoms with Gasteiger partial charge in [0.25, 0.3) is 0 Å². The highest BCUT2D eigenvalue weighted by Gasteiger charge is 2.30. The van der Waals surface area contributed by atoms with Gasteiger partial charge in [0.15, 0.2) is 0 Å². The predicted molar refractivity (Wildman–Crippen MR) is 68.1 cm³/mol. The zero-order valence-electron chi connectivity index (χ0n) is 10.7. The molecule has 0 radical (unpaired) electrons. The Morgan fingerprint density at radius 2 is 2.16 bits per heavy atom. The fraction of sp³-hybridized carbons (Fsp3) is 0.571. The van der Waals surface area contributed by atoms with Crippen LogP contribution in [0.5, 0.6) is 0 Å². The molecule has 1 aliphatic rings. The van der Waals surface area contributed by atoms with Crippen LogP contribution < -0.4 is 5.32 Å². The number of hydrogen-bond donors (Lipinski definition) is 1. The van der Waals surface area contributed by atoms with Crippen LogP contribution in [0.3, 0.4) is 0 Å². The van der Waals surface area contributed by atoms with Crippen molar-refractivity contribution in [3.05, 3.63) is 29.8 Å². The Kier molecular flexibility index (Phi) is 4.69. The van der Waals surface area contributed by atoms with Crippen LogP contribution in [0, 0.1) is 0 Å². The average Bonchev–Trinajstić information content (AvgIpc) is 2.87. The van der Waals surface area contributed by atoms with Gasteiger partial charge in [0.2, 0.25) is 0 Å². The van der Waals surface area contributed by atoms with Gasteiger partial charge in [-0.25, -0.2) is 0 Å². The average molecular weight is 273 g/mol. The molecule has 0 aromatic heterocycles. The molecular weight excluding hydrogens is 255 g/mol. The van der Waals surface area contributed by atoms with Crippen LogP contribution in [-0.2, 0) is 10.9 Å². The number of anilines is 1. The number of nitrogens with one attached hydrogen (secondary N) is 1. The zero-order valence-corrected chi connectivity index (χ0v) is 10.7. The molecule has 1 saturated heterocycles. The minimum Gasteiger partial charge on any atom is -0.385 e. The van der Waals surface area contributed by atoms with Crippen LogP contribution in [0.1, 0.15) is 31.2 Å². The molecule has 1 heterocycles. The third kappa shape index (κ3) is 4.42. The molecule has 19 heavy (non-hydrogen) atoms. The first-order valence-corrected chi connectivity index (χ1v) is 6.58. The van der Waals surface area contributed by atoms with Crippen molar-refractivity contribution < 1.29 is 17.9 Å². The molecule has 2 nitrogen and oxygen atoms in total. The quantitative estimate of drug-likeness (QED) is 0.816. The lowest BCUT2D eigenvalue weighted by atomic mass is 10.1. The summed E-state index contributed by atoms with van der Waals surface area (Å²) in [7, 11) is 0.